The Bertz CT molecular complexity index is 1270. The fourth-order valence-electron chi connectivity index (χ4n) is 4.28. The molecule has 33 heavy (non-hydrogen) atoms. The van der Waals surface area contributed by atoms with Crippen LogP contribution >= 0.6 is 23.4 Å². The summed E-state index contributed by atoms with van der Waals surface area (Å²) in [5.74, 6) is 0.697. The van der Waals surface area contributed by atoms with Crippen LogP contribution in [-0.4, -0.2) is 61.4 Å². The predicted octanol–water partition coefficient (Wildman–Crippen LogP) is 2.40. The van der Waals surface area contributed by atoms with Gasteiger partial charge in [0, 0.05) is 43.3 Å². The molecule has 2 aromatic heterocycles. The molecule has 2 aliphatic rings. The van der Waals surface area contributed by atoms with E-state index < -0.39 is 0 Å². The molecule has 2 amide bonds. The van der Waals surface area contributed by atoms with E-state index >= 15 is 0 Å². The van der Waals surface area contributed by atoms with E-state index in [1.54, 1.807) is 21.4 Å². The summed E-state index contributed by atoms with van der Waals surface area (Å²) in [5.41, 5.74) is 1.06. The van der Waals surface area contributed by atoms with Crippen LogP contribution in [0, 0.1) is 0 Å². The van der Waals surface area contributed by atoms with Gasteiger partial charge < -0.3 is 10.2 Å². The van der Waals surface area contributed by atoms with Gasteiger partial charge in [0.1, 0.15) is 5.39 Å². The van der Waals surface area contributed by atoms with E-state index in [0.29, 0.717) is 46.5 Å². The molecule has 0 radical (unpaired) electrons. The maximum Gasteiger partial charge on any atom is 0.265 e. The predicted molar refractivity (Wildman–Crippen MR) is 126 cm³/mol. The Labute approximate surface area is 199 Å². The molecule has 0 spiro atoms. The van der Waals surface area contributed by atoms with Crippen LogP contribution in [0.3, 0.4) is 0 Å². The Morgan fingerprint density at radius 1 is 1.24 bits per heavy atom. The molecule has 4 heterocycles. The molecule has 0 aliphatic carbocycles. The molecular formula is C22H23ClN6O3S. The van der Waals surface area contributed by atoms with E-state index in [-0.39, 0.29) is 29.8 Å². The van der Waals surface area contributed by atoms with Crippen molar-refractivity contribution in [1.29, 1.82) is 0 Å². The molecule has 0 saturated carbocycles. The molecule has 172 valence electrons. The monoisotopic (exact) mass is 486 g/mol. The largest absolute Gasteiger partial charge is 0.356 e. The van der Waals surface area contributed by atoms with E-state index in [4.69, 9.17) is 11.6 Å². The summed E-state index contributed by atoms with van der Waals surface area (Å²) in [7, 11) is 0. The Kier molecular flexibility index (Phi) is 6.11. The summed E-state index contributed by atoms with van der Waals surface area (Å²) in [6, 6.07) is 6.91. The molecule has 1 saturated heterocycles. The molecule has 0 bridgehead atoms. The average molecular weight is 487 g/mol. The van der Waals surface area contributed by atoms with Gasteiger partial charge in [0.05, 0.1) is 17.9 Å². The fourth-order valence-corrected chi connectivity index (χ4v) is 5.53. The molecule has 5 rings (SSSR count). The van der Waals surface area contributed by atoms with Gasteiger partial charge >= 0.3 is 0 Å². The van der Waals surface area contributed by atoms with Crippen molar-refractivity contribution < 1.29 is 9.59 Å². The normalized spacial score (nSPS) is 17.7. The number of carbonyl (C=O) groups is 2. The number of benzene rings is 1. The summed E-state index contributed by atoms with van der Waals surface area (Å²) < 4.78 is 3.24. The SMILES string of the molecule is O=C(CC1CSc2nc3c(cnn3-c3ccc(Cl)cc3)c(=O)n21)NCCCN1CCCC1=O. The van der Waals surface area contributed by atoms with Crippen LogP contribution in [0.15, 0.2) is 40.4 Å². The summed E-state index contributed by atoms with van der Waals surface area (Å²) in [5, 5.41) is 8.89. The average Bonchev–Trinajstić information content (AvgIpc) is 3.51. The lowest BCUT2D eigenvalue weighted by atomic mass is 10.2. The van der Waals surface area contributed by atoms with Gasteiger partial charge in [0.25, 0.3) is 5.56 Å². The Balaban J connectivity index is 1.27. The van der Waals surface area contributed by atoms with Gasteiger partial charge in [-0.2, -0.15) is 5.10 Å². The molecule has 11 heteroatoms. The Morgan fingerprint density at radius 2 is 2.06 bits per heavy atom. The zero-order valence-corrected chi connectivity index (χ0v) is 19.4. The van der Waals surface area contributed by atoms with Gasteiger partial charge in [-0.15, -0.1) is 0 Å². The Hall–Kier alpha value is -2.85. The number of hydrogen-bond donors (Lipinski definition) is 1. The number of thioether (sulfide) groups is 1. The van der Waals surface area contributed by atoms with E-state index in [9.17, 15) is 14.4 Å². The van der Waals surface area contributed by atoms with E-state index in [2.05, 4.69) is 15.4 Å². The lowest BCUT2D eigenvalue weighted by Crippen LogP contribution is -2.33. The number of halogens is 1. The van der Waals surface area contributed by atoms with Gasteiger partial charge in [-0.1, -0.05) is 23.4 Å². The number of aromatic nitrogens is 4. The maximum absolute atomic E-state index is 13.2. The van der Waals surface area contributed by atoms with Gasteiger partial charge in [0.2, 0.25) is 11.8 Å². The number of amides is 2. The van der Waals surface area contributed by atoms with Gasteiger partial charge in [0.15, 0.2) is 10.8 Å². The molecule has 1 aromatic carbocycles. The lowest BCUT2D eigenvalue weighted by molar-refractivity contribution is -0.127. The van der Waals surface area contributed by atoms with E-state index in [1.807, 2.05) is 17.0 Å². The lowest BCUT2D eigenvalue weighted by Gasteiger charge is -2.16. The van der Waals surface area contributed by atoms with Crippen LogP contribution in [0.5, 0.6) is 0 Å². The first-order chi connectivity index (χ1) is 16.0. The maximum atomic E-state index is 13.2. The first-order valence-corrected chi connectivity index (χ1v) is 12.3. The highest BCUT2D eigenvalue weighted by atomic mass is 35.5. The zero-order chi connectivity index (χ0) is 22.9. The van der Waals surface area contributed by atoms with Crippen molar-refractivity contribution in [3.05, 3.63) is 45.8 Å². The Morgan fingerprint density at radius 3 is 2.82 bits per heavy atom. The number of hydrogen-bond acceptors (Lipinski definition) is 6. The number of likely N-dealkylation sites (tertiary alicyclic amines) is 1. The third kappa shape index (κ3) is 4.37. The van der Waals surface area contributed by atoms with Gasteiger partial charge in [-0.05, 0) is 37.1 Å². The summed E-state index contributed by atoms with van der Waals surface area (Å²) in [6.45, 7) is 1.98. The van der Waals surface area contributed by atoms with Crippen molar-refractivity contribution >= 4 is 46.2 Å². The van der Waals surface area contributed by atoms with Crippen LogP contribution in [0.1, 0.15) is 31.7 Å². The van der Waals surface area contributed by atoms with E-state index in [0.717, 1.165) is 25.1 Å². The second-order valence-electron chi connectivity index (χ2n) is 8.20. The van der Waals surface area contributed by atoms with Gasteiger partial charge in [-0.25, -0.2) is 9.67 Å². The molecule has 1 atom stereocenters. The smallest absolute Gasteiger partial charge is 0.265 e. The van der Waals surface area contributed by atoms with Crippen LogP contribution < -0.4 is 10.9 Å². The molecular weight excluding hydrogens is 464 g/mol. The van der Waals surface area contributed by atoms with Gasteiger partial charge in [-0.3, -0.25) is 19.0 Å². The second-order valence-corrected chi connectivity index (χ2v) is 9.62. The van der Waals surface area contributed by atoms with Crippen molar-refractivity contribution in [3.63, 3.8) is 0 Å². The minimum absolute atomic E-state index is 0.106. The number of carbonyl (C=O) groups excluding carboxylic acids is 2. The topological polar surface area (TPSA) is 102 Å². The minimum atomic E-state index is -0.256. The third-order valence-electron chi connectivity index (χ3n) is 5.96. The van der Waals surface area contributed by atoms with Crippen LogP contribution in [0.4, 0.5) is 0 Å². The van der Waals surface area contributed by atoms with Crippen molar-refractivity contribution in [2.24, 2.45) is 0 Å². The molecule has 1 fully saturated rings. The quantitative estimate of drug-likeness (QED) is 0.406. The van der Waals surface area contributed by atoms with Crippen LogP contribution in [0.25, 0.3) is 16.7 Å². The molecule has 1 N–H and O–H groups in total. The number of nitrogens with zero attached hydrogens (tertiary/aromatic N) is 5. The second kappa shape index (κ2) is 9.18. The molecule has 9 nitrogen and oxygen atoms in total. The molecule has 3 aromatic rings. The first-order valence-electron chi connectivity index (χ1n) is 10.9. The van der Waals surface area contributed by atoms with Crippen LogP contribution in [-0.2, 0) is 9.59 Å². The fraction of sp³-hybridized carbons (Fsp3) is 0.409. The number of rotatable bonds is 7. The van der Waals surface area contributed by atoms with Crippen molar-refractivity contribution in [2.45, 2.75) is 36.9 Å². The van der Waals surface area contributed by atoms with Crippen molar-refractivity contribution in [1.82, 2.24) is 29.5 Å². The van der Waals surface area contributed by atoms with E-state index in [1.165, 1.54) is 18.0 Å². The van der Waals surface area contributed by atoms with Crippen LogP contribution in [0.2, 0.25) is 5.02 Å². The number of fused-ring (bicyclic) bond motifs is 2. The molecule has 1 unspecified atom stereocenters. The van der Waals surface area contributed by atoms with Crippen molar-refractivity contribution in [3.8, 4) is 5.69 Å². The highest BCUT2D eigenvalue weighted by Crippen LogP contribution is 2.33. The third-order valence-corrected chi connectivity index (χ3v) is 7.31. The molecule has 2 aliphatic heterocycles. The summed E-state index contributed by atoms with van der Waals surface area (Å²) >= 11 is 7.44. The zero-order valence-electron chi connectivity index (χ0n) is 17.9. The standard InChI is InChI=1S/C22H23ClN6O3S/c23-14-4-6-15(7-5-14)29-20-17(12-25-29)21(32)28-16(13-33-22(28)26-20)11-18(30)24-8-2-10-27-9-1-3-19(27)31/h4-7,12,16H,1-3,8-11,13H2,(H,24,30). The number of nitrogens with one attached hydrogen (secondary N) is 1. The highest BCUT2D eigenvalue weighted by molar-refractivity contribution is 7.99. The highest BCUT2D eigenvalue weighted by Gasteiger charge is 2.29. The summed E-state index contributed by atoms with van der Waals surface area (Å²) in [6.07, 6.45) is 3.99. The van der Waals surface area contributed by atoms with Crippen molar-refractivity contribution in [2.75, 3.05) is 25.4 Å². The first kappa shape index (κ1) is 22.0. The summed E-state index contributed by atoms with van der Waals surface area (Å²) in [4.78, 5) is 43.9. The minimum Gasteiger partial charge on any atom is -0.356 e.